The van der Waals surface area contributed by atoms with E-state index < -0.39 is 0 Å². The lowest BCUT2D eigenvalue weighted by Gasteiger charge is -2.11. The van der Waals surface area contributed by atoms with E-state index in [1.165, 1.54) is 6.33 Å². The minimum atomic E-state index is 0.366. The molecule has 3 aromatic heterocycles. The molecule has 3 heterocycles. The summed E-state index contributed by atoms with van der Waals surface area (Å²) < 4.78 is 7.46. The number of aromatic nitrogens is 6. The number of hydrogen-bond donors (Lipinski definition) is 2. The number of hydrogen-bond acceptors (Lipinski definition) is 8. The van der Waals surface area contributed by atoms with E-state index in [2.05, 4.69) is 30.5 Å². The van der Waals surface area contributed by atoms with Crippen molar-refractivity contribution in [3.63, 3.8) is 0 Å². The van der Waals surface area contributed by atoms with Crippen LogP contribution in [-0.2, 0) is 0 Å². The van der Waals surface area contributed by atoms with E-state index >= 15 is 0 Å². The maximum absolute atomic E-state index is 6.41. The molecule has 10 heteroatoms. The Labute approximate surface area is 169 Å². The first kappa shape index (κ1) is 17.1. The van der Waals surface area contributed by atoms with Crippen LogP contribution in [0.3, 0.4) is 0 Å². The van der Waals surface area contributed by atoms with Crippen LogP contribution in [0.15, 0.2) is 61.4 Å². The number of nitrogens with one attached hydrogen (secondary N) is 1. The van der Waals surface area contributed by atoms with Crippen LogP contribution >= 0.6 is 11.6 Å². The van der Waals surface area contributed by atoms with E-state index in [4.69, 9.17) is 22.1 Å². The quantitative estimate of drug-likeness (QED) is 0.434. The molecule has 0 amide bonds. The first-order chi connectivity index (χ1) is 14.2. The van der Waals surface area contributed by atoms with Crippen LogP contribution in [0.1, 0.15) is 0 Å². The van der Waals surface area contributed by atoms with Gasteiger partial charge in [0, 0.05) is 22.8 Å². The van der Waals surface area contributed by atoms with Crippen molar-refractivity contribution in [3.8, 4) is 11.6 Å². The molecule has 0 aliphatic carbocycles. The Morgan fingerprint density at radius 3 is 2.83 bits per heavy atom. The molecule has 29 heavy (non-hydrogen) atoms. The second-order valence-electron chi connectivity index (χ2n) is 6.19. The van der Waals surface area contributed by atoms with Crippen LogP contribution < -0.4 is 15.8 Å². The molecule has 0 radical (unpaired) electrons. The molecular formula is C19H13ClN8O. The highest BCUT2D eigenvalue weighted by atomic mass is 35.5. The van der Waals surface area contributed by atoms with Crippen molar-refractivity contribution in [2.24, 2.45) is 0 Å². The zero-order valence-electron chi connectivity index (χ0n) is 14.8. The molecule has 0 aliphatic rings. The second-order valence-corrected chi connectivity index (χ2v) is 6.60. The normalized spacial score (nSPS) is 11.1. The Bertz CT molecular complexity index is 1350. The molecule has 0 unspecified atom stereocenters. The molecule has 0 fully saturated rings. The average Bonchev–Trinajstić information content (AvgIpc) is 3.18. The minimum Gasteiger partial charge on any atom is -0.437 e. The van der Waals surface area contributed by atoms with Gasteiger partial charge in [-0.3, -0.25) is 4.40 Å². The van der Waals surface area contributed by atoms with Gasteiger partial charge in [-0.2, -0.15) is 0 Å². The molecule has 5 rings (SSSR count). The van der Waals surface area contributed by atoms with Gasteiger partial charge in [0.2, 0.25) is 5.88 Å². The van der Waals surface area contributed by atoms with Crippen molar-refractivity contribution in [1.82, 2.24) is 29.5 Å². The van der Waals surface area contributed by atoms with Crippen molar-refractivity contribution >= 4 is 45.3 Å². The first-order valence-corrected chi connectivity index (χ1v) is 8.93. The molecule has 0 saturated heterocycles. The fourth-order valence-electron chi connectivity index (χ4n) is 2.85. The van der Waals surface area contributed by atoms with Gasteiger partial charge in [0.05, 0.1) is 10.5 Å². The molecule has 9 nitrogen and oxygen atoms in total. The van der Waals surface area contributed by atoms with Crippen molar-refractivity contribution in [2.45, 2.75) is 0 Å². The summed E-state index contributed by atoms with van der Waals surface area (Å²) in [4.78, 5) is 12.8. The topological polar surface area (TPSA) is 116 Å². The van der Waals surface area contributed by atoms with E-state index in [0.29, 0.717) is 33.8 Å². The molecule has 5 aromatic rings. The summed E-state index contributed by atoms with van der Waals surface area (Å²) >= 11 is 6.41. The first-order valence-electron chi connectivity index (χ1n) is 8.56. The monoisotopic (exact) mass is 404 g/mol. The number of benzene rings is 2. The average molecular weight is 405 g/mol. The molecule has 0 aliphatic heterocycles. The Hall–Kier alpha value is -3.98. The predicted molar refractivity (Wildman–Crippen MR) is 110 cm³/mol. The molecule has 142 valence electrons. The van der Waals surface area contributed by atoms with Crippen molar-refractivity contribution in [2.75, 3.05) is 11.1 Å². The molecule has 0 atom stereocenters. The number of nitrogen functional groups attached to an aromatic ring is 1. The molecule has 0 bridgehead atoms. The standard InChI is InChI=1S/C19H13ClN8O/c20-14-6-12(26-19-13-5-11(21)1-3-15(13)22-8-23-19)2-4-16(14)29-18-7-17-27-25-10-28(17)9-24-18/h1-10H,21H2,(H,22,23,26). The van der Waals surface area contributed by atoms with Crippen LogP contribution in [0, 0.1) is 0 Å². The molecule has 2 aromatic carbocycles. The SMILES string of the molecule is Nc1ccc2ncnc(Nc3ccc(Oc4cc5nncn5cn4)c(Cl)c3)c2c1. The van der Waals surface area contributed by atoms with Gasteiger partial charge < -0.3 is 15.8 Å². The van der Waals surface area contributed by atoms with Gasteiger partial charge in [-0.25, -0.2) is 15.0 Å². The van der Waals surface area contributed by atoms with Gasteiger partial charge >= 0.3 is 0 Å². The number of anilines is 3. The van der Waals surface area contributed by atoms with Crippen LogP contribution in [0.4, 0.5) is 17.2 Å². The van der Waals surface area contributed by atoms with Crippen molar-refractivity contribution in [1.29, 1.82) is 0 Å². The molecular weight excluding hydrogens is 392 g/mol. The number of nitrogens with two attached hydrogens (primary N) is 1. The van der Waals surface area contributed by atoms with Crippen LogP contribution in [0.2, 0.25) is 5.02 Å². The van der Waals surface area contributed by atoms with E-state index in [9.17, 15) is 0 Å². The Kier molecular flexibility index (Phi) is 4.07. The summed E-state index contributed by atoms with van der Waals surface area (Å²) in [5, 5.41) is 12.2. The van der Waals surface area contributed by atoms with Crippen LogP contribution in [-0.4, -0.2) is 29.5 Å². The van der Waals surface area contributed by atoms with Gasteiger partial charge in [-0.15, -0.1) is 10.2 Å². The summed E-state index contributed by atoms with van der Waals surface area (Å²) in [6, 6.07) is 12.5. The lowest BCUT2D eigenvalue weighted by atomic mass is 10.2. The highest BCUT2D eigenvalue weighted by Gasteiger charge is 2.09. The Morgan fingerprint density at radius 2 is 1.93 bits per heavy atom. The van der Waals surface area contributed by atoms with Gasteiger partial charge in [0.25, 0.3) is 0 Å². The van der Waals surface area contributed by atoms with Gasteiger partial charge in [0.15, 0.2) is 5.65 Å². The van der Waals surface area contributed by atoms with Crippen LogP contribution in [0.5, 0.6) is 11.6 Å². The second kappa shape index (κ2) is 6.88. The maximum atomic E-state index is 6.41. The molecule has 3 N–H and O–H groups in total. The third kappa shape index (κ3) is 3.34. The Morgan fingerprint density at radius 1 is 1.00 bits per heavy atom. The largest absolute Gasteiger partial charge is 0.437 e. The van der Waals surface area contributed by atoms with Gasteiger partial charge in [-0.05, 0) is 36.4 Å². The number of nitrogens with zero attached hydrogens (tertiary/aromatic N) is 6. The molecule has 0 spiro atoms. The number of ether oxygens (including phenoxy) is 1. The van der Waals surface area contributed by atoms with Gasteiger partial charge in [-0.1, -0.05) is 11.6 Å². The summed E-state index contributed by atoms with van der Waals surface area (Å²) in [6.45, 7) is 0. The number of rotatable bonds is 4. The predicted octanol–water partition coefficient (Wildman–Crippen LogP) is 3.84. The lowest BCUT2D eigenvalue weighted by Crippen LogP contribution is -1.97. The lowest BCUT2D eigenvalue weighted by molar-refractivity contribution is 0.462. The zero-order chi connectivity index (χ0) is 19.8. The number of fused-ring (bicyclic) bond motifs is 2. The van der Waals surface area contributed by atoms with E-state index in [1.807, 2.05) is 18.2 Å². The third-order valence-corrected chi connectivity index (χ3v) is 4.53. The number of halogens is 1. The fourth-order valence-corrected chi connectivity index (χ4v) is 3.07. The minimum absolute atomic E-state index is 0.366. The summed E-state index contributed by atoms with van der Waals surface area (Å²) in [5.74, 6) is 1.46. The fraction of sp³-hybridized carbons (Fsp3) is 0. The van der Waals surface area contributed by atoms with Crippen molar-refractivity contribution in [3.05, 3.63) is 66.5 Å². The summed E-state index contributed by atoms with van der Waals surface area (Å²) in [6.07, 6.45) is 4.62. The van der Waals surface area contributed by atoms with E-state index in [1.54, 1.807) is 41.3 Å². The Balaban J connectivity index is 1.42. The smallest absolute Gasteiger partial charge is 0.224 e. The highest BCUT2D eigenvalue weighted by molar-refractivity contribution is 6.32. The third-order valence-electron chi connectivity index (χ3n) is 4.23. The highest BCUT2D eigenvalue weighted by Crippen LogP contribution is 2.33. The van der Waals surface area contributed by atoms with Gasteiger partial charge in [0.1, 0.15) is 30.5 Å². The van der Waals surface area contributed by atoms with E-state index in [-0.39, 0.29) is 0 Å². The maximum Gasteiger partial charge on any atom is 0.224 e. The van der Waals surface area contributed by atoms with Crippen LogP contribution in [0.25, 0.3) is 16.6 Å². The summed E-state index contributed by atoms with van der Waals surface area (Å²) in [7, 11) is 0. The van der Waals surface area contributed by atoms with E-state index in [0.717, 1.165) is 16.6 Å². The van der Waals surface area contributed by atoms with Crippen molar-refractivity contribution < 1.29 is 4.74 Å². The summed E-state index contributed by atoms with van der Waals surface area (Å²) in [5.41, 5.74) is 8.68. The zero-order valence-corrected chi connectivity index (χ0v) is 15.6. The molecule has 0 saturated carbocycles.